The van der Waals surface area contributed by atoms with Crippen molar-refractivity contribution in [2.45, 2.75) is 0 Å². The van der Waals surface area contributed by atoms with Crippen LogP contribution in [-0.4, -0.2) is 23.6 Å². The molecule has 2 nitrogen and oxygen atoms in total. The van der Waals surface area contributed by atoms with E-state index in [9.17, 15) is 0 Å². The van der Waals surface area contributed by atoms with Gasteiger partial charge in [0.15, 0.2) is 0 Å². The molecule has 14 heavy (non-hydrogen) atoms. The van der Waals surface area contributed by atoms with Crippen LogP contribution < -0.4 is 10.5 Å². The number of ether oxygens (including phenoxy) is 1. The van der Waals surface area contributed by atoms with Gasteiger partial charge in [0.1, 0.15) is 10.7 Å². The van der Waals surface area contributed by atoms with Crippen molar-refractivity contribution >= 4 is 29.0 Å². The lowest BCUT2D eigenvalue weighted by Gasteiger charge is -2.09. The summed E-state index contributed by atoms with van der Waals surface area (Å²) in [6, 6.07) is 7.57. The zero-order valence-electron chi connectivity index (χ0n) is 8.03. The SMILES string of the molecule is CSCCOc1ccccc1C(N)=S. The molecular formula is C10H13NOS2. The number of hydrogen-bond acceptors (Lipinski definition) is 3. The molecule has 0 spiro atoms. The molecule has 1 rings (SSSR count). The molecule has 0 fully saturated rings. The van der Waals surface area contributed by atoms with Crippen LogP contribution in [0.5, 0.6) is 5.75 Å². The fourth-order valence-electron chi connectivity index (χ4n) is 1.03. The molecule has 0 aliphatic heterocycles. The summed E-state index contributed by atoms with van der Waals surface area (Å²) in [5.41, 5.74) is 6.37. The zero-order valence-corrected chi connectivity index (χ0v) is 9.66. The van der Waals surface area contributed by atoms with Crippen LogP contribution in [0.1, 0.15) is 5.56 Å². The van der Waals surface area contributed by atoms with Crippen molar-refractivity contribution in [2.75, 3.05) is 18.6 Å². The van der Waals surface area contributed by atoms with Crippen LogP contribution in [0.2, 0.25) is 0 Å². The van der Waals surface area contributed by atoms with Crippen molar-refractivity contribution in [1.29, 1.82) is 0 Å². The van der Waals surface area contributed by atoms with Gasteiger partial charge in [0, 0.05) is 5.75 Å². The van der Waals surface area contributed by atoms with Crippen molar-refractivity contribution in [3.63, 3.8) is 0 Å². The highest BCUT2D eigenvalue weighted by Crippen LogP contribution is 2.17. The van der Waals surface area contributed by atoms with E-state index in [1.807, 2.05) is 30.5 Å². The molecule has 0 heterocycles. The molecule has 0 bridgehead atoms. The fraction of sp³-hybridized carbons (Fsp3) is 0.300. The molecular weight excluding hydrogens is 214 g/mol. The first-order valence-electron chi connectivity index (χ1n) is 4.26. The Balaban J connectivity index is 2.69. The van der Waals surface area contributed by atoms with E-state index in [0.29, 0.717) is 11.6 Å². The van der Waals surface area contributed by atoms with Gasteiger partial charge >= 0.3 is 0 Å². The molecule has 0 saturated heterocycles. The summed E-state index contributed by atoms with van der Waals surface area (Å²) in [6.07, 6.45) is 2.04. The van der Waals surface area contributed by atoms with E-state index in [2.05, 4.69) is 0 Å². The molecule has 0 aliphatic rings. The molecule has 1 aromatic rings. The van der Waals surface area contributed by atoms with Crippen LogP contribution in [0.25, 0.3) is 0 Å². The maximum atomic E-state index is 5.57. The highest BCUT2D eigenvalue weighted by molar-refractivity contribution is 7.98. The minimum absolute atomic E-state index is 0.379. The Bertz CT molecular complexity index is 315. The maximum Gasteiger partial charge on any atom is 0.129 e. The minimum Gasteiger partial charge on any atom is -0.492 e. The van der Waals surface area contributed by atoms with Crippen molar-refractivity contribution < 1.29 is 4.74 Å². The summed E-state index contributed by atoms with van der Waals surface area (Å²) < 4.78 is 5.55. The molecule has 0 aliphatic carbocycles. The van der Waals surface area contributed by atoms with Crippen LogP contribution in [0, 0.1) is 0 Å². The summed E-state index contributed by atoms with van der Waals surface area (Å²) in [5, 5.41) is 0. The van der Waals surface area contributed by atoms with E-state index in [-0.39, 0.29) is 0 Å². The van der Waals surface area contributed by atoms with Crippen molar-refractivity contribution in [3.8, 4) is 5.75 Å². The van der Waals surface area contributed by atoms with E-state index in [1.54, 1.807) is 11.8 Å². The van der Waals surface area contributed by atoms with Gasteiger partial charge < -0.3 is 10.5 Å². The average Bonchev–Trinajstić information content (AvgIpc) is 2.19. The molecule has 1 aromatic carbocycles. The lowest BCUT2D eigenvalue weighted by Crippen LogP contribution is -2.12. The Morgan fingerprint density at radius 3 is 2.86 bits per heavy atom. The van der Waals surface area contributed by atoms with E-state index in [1.165, 1.54) is 0 Å². The number of nitrogens with two attached hydrogens (primary N) is 1. The minimum atomic E-state index is 0.379. The van der Waals surface area contributed by atoms with Crippen LogP contribution >= 0.6 is 24.0 Å². The first kappa shape index (κ1) is 11.3. The third kappa shape index (κ3) is 3.20. The second-order valence-corrected chi connectivity index (χ2v) is 4.13. The summed E-state index contributed by atoms with van der Waals surface area (Å²) >= 11 is 6.67. The average molecular weight is 227 g/mol. The largest absolute Gasteiger partial charge is 0.492 e. The van der Waals surface area contributed by atoms with Gasteiger partial charge in [0.25, 0.3) is 0 Å². The Hall–Kier alpha value is -0.740. The summed E-state index contributed by atoms with van der Waals surface area (Å²) in [7, 11) is 0. The number of rotatable bonds is 5. The van der Waals surface area contributed by atoms with Gasteiger partial charge in [-0.2, -0.15) is 11.8 Å². The predicted molar refractivity (Wildman–Crippen MR) is 66.2 cm³/mol. The van der Waals surface area contributed by atoms with Gasteiger partial charge in [-0.25, -0.2) is 0 Å². The van der Waals surface area contributed by atoms with Gasteiger partial charge in [-0.15, -0.1) is 0 Å². The van der Waals surface area contributed by atoms with Crippen LogP contribution in [0.15, 0.2) is 24.3 Å². The van der Waals surface area contributed by atoms with Gasteiger partial charge in [-0.3, -0.25) is 0 Å². The molecule has 76 valence electrons. The quantitative estimate of drug-likeness (QED) is 0.617. The van der Waals surface area contributed by atoms with Crippen LogP contribution in [0.4, 0.5) is 0 Å². The summed E-state index contributed by atoms with van der Waals surface area (Å²) in [5.74, 6) is 1.74. The molecule has 0 radical (unpaired) electrons. The van der Waals surface area contributed by atoms with Gasteiger partial charge in [0.05, 0.1) is 12.2 Å². The smallest absolute Gasteiger partial charge is 0.129 e. The van der Waals surface area contributed by atoms with E-state index < -0.39 is 0 Å². The number of thioether (sulfide) groups is 1. The first-order chi connectivity index (χ1) is 6.75. The molecule has 0 saturated carbocycles. The number of benzene rings is 1. The zero-order chi connectivity index (χ0) is 10.4. The summed E-state index contributed by atoms with van der Waals surface area (Å²) in [4.78, 5) is 0.379. The Labute approximate surface area is 93.8 Å². The third-order valence-corrected chi connectivity index (χ3v) is 2.49. The molecule has 0 aromatic heterocycles. The Kier molecular flexibility index (Phi) is 4.76. The maximum absolute atomic E-state index is 5.57. The number of hydrogen-bond donors (Lipinski definition) is 1. The third-order valence-electron chi connectivity index (χ3n) is 1.70. The van der Waals surface area contributed by atoms with Crippen LogP contribution in [0.3, 0.4) is 0 Å². The second kappa shape index (κ2) is 5.88. The monoisotopic (exact) mass is 227 g/mol. The normalized spacial score (nSPS) is 9.79. The van der Waals surface area contributed by atoms with Crippen molar-refractivity contribution in [3.05, 3.63) is 29.8 Å². The second-order valence-electron chi connectivity index (χ2n) is 2.70. The lowest BCUT2D eigenvalue weighted by atomic mass is 10.2. The standard InChI is InChI=1S/C10H13NOS2/c1-14-7-6-12-9-5-3-2-4-8(9)10(11)13/h2-5H,6-7H2,1H3,(H2,11,13). The van der Waals surface area contributed by atoms with Gasteiger partial charge in [0.2, 0.25) is 0 Å². The predicted octanol–water partition coefficient (Wildman–Crippen LogP) is 2.06. The molecule has 0 amide bonds. The van der Waals surface area contributed by atoms with Crippen LogP contribution in [-0.2, 0) is 0 Å². The fourth-order valence-corrected chi connectivity index (χ4v) is 1.45. The molecule has 0 unspecified atom stereocenters. The highest BCUT2D eigenvalue weighted by Gasteiger charge is 2.04. The van der Waals surface area contributed by atoms with E-state index in [0.717, 1.165) is 17.1 Å². The summed E-state index contributed by atoms with van der Waals surface area (Å²) in [6.45, 7) is 0.681. The lowest BCUT2D eigenvalue weighted by molar-refractivity contribution is 0.343. The highest BCUT2D eigenvalue weighted by atomic mass is 32.2. The molecule has 2 N–H and O–H groups in total. The molecule has 4 heteroatoms. The molecule has 0 atom stereocenters. The first-order valence-corrected chi connectivity index (χ1v) is 6.06. The Morgan fingerprint density at radius 2 is 2.21 bits per heavy atom. The number of para-hydroxylation sites is 1. The Morgan fingerprint density at radius 1 is 1.50 bits per heavy atom. The van der Waals surface area contributed by atoms with Gasteiger partial charge in [-0.05, 0) is 18.4 Å². The van der Waals surface area contributed by atoms with Crippen molar-refractivity contribution in [1.82, 2.24) is 0 Å². The van der Waals surface area contributed by atoms with Gasteiger partial charge in [-0.1, -0.05) is 24.4 Å². The van der Waals surface area contributed by atoms with Crippen molar-refractivity contribution in [2.24, 2.45) is 5.73 Å². The van der Waals surface area contributed by atoms with E-state index >= 15 is 0 Å². The van der Waals surface area contributed by atoms with E-state index in [4.69, 9.17) is 22.7 Å². The number of thiocarbonyl (C=S) groups is 1. The topological polar surface area (TPSA) is 35.2 Å².